The van der Waals surface area contributed by atoms with Crippen LogP contribution in [-0.2, 0) is 11.3 Å². The number of ether oxygens (including phenoxy) is 2. The van der Waals surface area contributed by atoms with Crippen LogP contribution >= 0.6 is 0 Å². The summed E-state index contributed by atoms with van der Waals surface area (Å²) in [4.78, 5) is 12.1. The van der Waals surface area contributed by atoms with Crippen molar-refractivity contribution in [2.45, 2.75) is 57.2 Å². The summed E-state index contributed by atoms with van der Waals surface area (Å²) in [5, 5.41) is 10.2. The molecule has 0 heterocycles. The van der Waals surface area contributed by atoms with Gasteiger partial charge in [0.2, 0.25) is 0 Å². The van der Waals surface area contributed by atoms with Gasteiger partial charge in [-0.05, 0) is 30.0 Å². The molecule has 1 aliphatic carbocycles. The quantitative estimate of drug-likeness (QED) is 0.494. The van der Waals surface area contributed by atoms with Gasteiger partial charge in [0.15, 0.2) is 0 Å². The van der Waals surface area contributed by atoms with Crippen molar-refractivity contribution in [3.63, 3.8) is 0 Å². The zero-order valence-corrected chi connectivity index (χ0v) is 15.7. The lowest BCUT2D eigenvalue weighted by Gasteiger charge is -2.26. The number of aliphatic hydroxyl groups is 1. The molecular weight excluding hydrogens is 334 g/mol. The Balaban J connectivity index is 1.78. The summed E-state index contributed by atoms with van der Waals surface area (Å²) in [5.41, 5.74) is 12.3. The molecule has 0 aliphatic heterocycles. The van der Waals surface area contributed by atoms with Crippen LogP contribution in [0, 0.1) is 5.92 Å². The lowest BCUT2D eigenvalue weighted by Crippen LogP contribution is -2.50. The monoisotopic (exact) mass is 365 g/mol. The van der Waals surface area contributed by atoms with Crippen molar-refractivity contribution < 1.29 is 19.4 Å². The van der Waals surface area contributed by atoms with E-state index in [1.165, 1.54) is 19.3 Å². The number of hydrogen-bond acceptors (Lipinski definition) is 6. The highest BCUT2D eigenvalue weighted by Crippen LogP contribution is 2.27. The summed E-state index contributed by atoms with van der Waals surface area (Å²) < 4.78 is 10.4. The van der Waals surface area contributed by atoms with Gasteiger partial charge in [-0.2, -0.15) is 0 Å². The van der Waals surface area contributed by atoms with E-state index in [4.69, 9.17) is 15.2 Å². The van der Waals surface area contributed by atoms with Crippen LogP contribution in [0.3, 0.4) is 0 Å². The standard InChI is InChI=1S/C19H31N3O4/c1-25-15-8-14(9-16(11-15)26-2)12-21-22-19(24)18(23)17(20)10-13-6-4-3-5-7-13/h8-9,11,13,17-18,21,23H,3-7,10,12,20H2,1-2H3,(H,22,24). The summed E-state index contributed by atoms with van der Waals surface area (Å²) in [6, 6.07) is 4.91. The molecule has 1 amide bonds. The maximum absolute atomic E-state index is 12.1. The van der Waals surface area contributed by atoms with E-state index in [-0.39, 0.29) is 0 Å². The molecule has 26 heavy (non-hydrogen) atoms. The average Bonchev–Trinajstić information content (AvgIpc) is 2.67. The number of benzene rings is 1. The highest BCUT2D eigenvalue weighted by Gasteiger charge is 2.26. The molecule has 0 radical (unpaired) electrons. The number of nitrogens with one attached hydrogen (secondary N) is 2. The fourth-order valence-corrected chi connectivity index (χ4v) is 3.41. The van der Waals surface area contributed by atoms with E-state index in [2.05, 4.69) is 10.9 Å². The molecular formula is C19H31N3O4. The maximum atomic E-state index is 12.1. The van der Waals surface area contributed by atoms with Crippen LogP contribution in [0.25, 0.3) is 0 Å². The third-order valence-corrected chi connectivity index (χ3v) is 4.92. The van der Waals surface area contributed by atoms with Crippen molar-refractivity contribution in [3.8, 4) is 11.5 Å². The second-order valence-corrected chi connectivity index (χ2v) is 6.91. The Morgan fingerprint density at radius 1 is 1.19 bits per heavy atom. The van der Waals surface area contributed by atoms with Crippen LogP contribution in [0.2, 0.25) is 0 Å². The molecule has 7 heteroatoms. The summed E-state index contributed by atoms with van der Waals surface area (Å²) in [7, 11) is 3.16. The van der Waals surface area contributed by atoms with Gasteiger partial charge in [0.05, 0.1) is 14.2 Å². The minimum atomic E-state index is -1.22. The molecule has 1 aliphatic rings. The largest absolute Gasteiger partial charge is 0.497 e. The molecule has 7 nitrogen and oxygen atoms in total. The van der Waals surface area contributed by atoms with Crippen molar-refractivity contribution in [1.29, 1.82) is 0 Å². The van der Waals surface area contributed by atoms with Crippen molar-refractivity contribution in [2.24, 2.45) is 11.7 Å². The molecule has 5 N–H and O–H groups in total. The van der Waals surface area contributed by atoms with Crippen LogP contribution in [0.5, 0.6) is 11.5 Å². The van der Waals surface area contributed by atoms with Crippen LogP contribution in [0.15, 0.2) is 18.2 Å². The van der Waals surface area contributed by atoms with Gasteiger partial charge >= 0.3 is 0 Å². The van der Waals surface area contributed by atoms with Crippen LogP contribution in [0.4, 0.5) is 0 Å². The van der Waals surface area contributed by atoms with Gasteiger partial charge in [-0.15, -0.1) is 0 Å². The first kappa shape index (κ1) is 20.5. The van der Waals surface area contributed by atoms with E-state index in [1.807, 2.05) is 12.1 Å². The number of methoxy groups -OCH3 is 2. The molecule has 0 spiro atoms. The summed E-state index contributed by atoms with van der Waals surface area (Å²) in [6.45, 7) is 0.365. The Morgan fingerprint density at radius 3 is 2.38 bits per heavy atom. The molecule has 1 saturated carbocycles. The smallest absolute Gasteiger partial charge is 0.264 e. The van der Waals surface area contributed by atoms with Crippen molar-refractivity contribution in [3.05, 3.63) is 23.8 Å². The van der Waals surface area contributed by atoms with Gasteiger partial charge in [-0.25, -0.2) is 5.43 Å². The third-order valence-electron chi connectivity index (χ3n) is 4.92. The number of amides is 1. The maximum Gasteiger partial charge on any atom is 0.264 e. The zero-order chi connectivity index (χ0) is 18.9. The van der Waals surface area contributed by atoms with Gasteiger partial charge in [-0.1, -0.05) is 32.1 Å². The molecule has 0 saturated heterocycles. The van der Waals surface area contributed by atoms with Crippen molar-refractivity contribution >= 4 is 5.91 Å². The number of carbonyl (C=O) groups excluding carboxylic acids is 1. The topological polar surface area (TPSA) is 106 Å². The molecule has 1 aromatic rings. The summed E-state index contributed by atoms with van der Waals surface area (Å²) in [5.74, 6) is 1.34. The predicted octanol–water partition coefficient (Wildman–Crippen LogP) is 1.48. The first-order valence-electron chi connectivity index (χ1n) is 9.21. The summed E-state index contributed by atoms with van der Waals surface area (Å²) >= 11 is 0. The number of aliphatic hydroxyl groups excluding tert-OH is 1. The number of rotatable bonds is 9. The molecule has 2 unspecified atom stereocenters. The lowest BCUT2D eigenvalue weighted by molar-refractivity contribution is -0.131. The Labute approximate surface area is 155 Å². The van der Waals surface area contributed by atoms with Gasteiger partial charge < -0.3 is 20.3 Å². The summed E-state index contributed by atoms with van der Waals surface area (Å²) in [6.07, 6.45) is 5.44. The molecule has 2 atom stereocenters. The van der Waals surface area contributed by atoms with Crippen LogP contribution in [0.1, 0.15) is 44.1 Å². The molecule has 1 aromatic carbocycles. The van der Waals surface area contributed by atoms with E-state index in [9.17, 15) is 9.90 Å². The first-order valence-corrected chi connectivity index (χ1v) is 9.21. The second-order valence-electron chi connectivity index (χ2n) is 6.91. The third kappa shape index (κ3) is 6.16. The van der Waals surface area contributed by atoms with E-state index in [0.717, 1.165) is 18.4 Å². The SMILES string of the molecule is COc1cc(CNNC(=O)C(O)C(N)CC2CCCCC2)cc(OC)c1. The number of carbonyl (C=O) groups is 1. The van der Waals surface area contributed by atoms with Crippen LogP contribution in [-0.4, -0.2) is 37.4 Å². The minimum absolute atomic E-state index is 0.365. The van der Waals surface area contributed by atoms with Crippen molar-refractivity contribution in [2.75, 3.05) is 14.2 Å². The van der Waals surface area contributed by atoms with Gasteiger partial charge in [0, 0.05) is 18.7 Å². The number of hydrogen-bond donors (Lipinski definition) is 4. The highest BCUT2D eigenvalue weighted by molar-refractivity contribution is 5.80. The Hall–Kier alpha value is -1.83. The molecule has 0 bridgehead atoms. The average molecular weight is 365 g/mol. The highest BCUT2D eigenvalue weighted by atomic mass is 16.5. The normalized spacial score (nSPS) is 17.4. The number of hydrazine groups is 1. The van der Waals surface area contributed by atoms with Gasteiger partial charge in [0.25, 0.3) is 5.91 Å². The van der Waals surface area contributed by atoms with Gasteiger partial charge in [0.1, 0.15) is 17.6 Å². The Bertz CT molecular complexity index is 554. The fraction of sp³-hybridized carbons (Fsp3) is 0.632. The van der Waals surface area contributed by atoms with E-state index >= 15 is 0 Å². The van der Waals surface area contributed by atoms with E-state index in [0.29, 0.717) is 30.4 Å². The van der Waals surface area contributed by atoms with Crippen LogP contribution < -0.4 is 26.1 Å². The zero-order valence-electron chi connectivity index (χ0n) is 15.7. The second kappa shape index (κ2) is 10.4. The van der Waals surface area contributed by atoms with Crippen molar-refractivity contribution in [1.82, 2.24) is 10.9 Å². The molecule has 1 fully saturated rings. The Kier molecular flexibility index (Phi) is 8.15. The number of nitrogens with two attached hydrogens (primary N) is 1. The van der Waals surface area contributed by atoms with Gasteiger partial charge in [-0.3, -0.25) is 10.2 Å². The minimum Gasteiger partial charge on any atom is -0.497 e. The first-order chi connectivity index (χ1) is 12.5. The lowest BCUT2D eigenvalue weighted by atomic mass is 9.84. The van der Waals surface area contributed by atoms with E-state index in [1.54, 1.807) is 20.3 Å². The molecule has 2 rings (SSSR count). The molecule has 146 valence electrons. The predicted molar refractivity (Wildman–Crippen MR) is 99.7 cm³/mol. The Morgan fingerprint density at radius 2 is 1.81 bits per heavy atom. The molecule has 0 aromatic heterocycles. The van der Waals surface area contributed by atoms with E-state index < -0.39 is 18.1 Å². The fourth-order valence-electron chi connectivity index (χ4n) is 3.41.